The first kappa shape index (κ1) is 26.6. The van der Waals surface area contributed by atoms with E-state index in [0.717, 1.165) is 18.2 Å². The molecule has 0 saturated heterocycles. The fraction of sp³-hybridized carbons (Fsp3) is 0.333. The number of halogens is 4. The van der Waals surface area contributed by atoms with Crippen molar-refractivity contribution in [1.29, 1.82) is 0 Å². The molecule has 2 N–H and O–H groups in total. The number of benzene rings is 2. The molecule has 12 heteroatoms. The average molecular weight is 507 g/mol. The van der Waals surface area contributed by atoms with Gasteiger partial charge in [-0.15, -0.1) is 0 Å². The van der Waals surface area contributed by atoms with Crippen molar-refractivity contribution >= 4 is 38.9 Å². The second-order valence-electron chi connectivity index (χ2n) is 7.17. The summed E-state index contributed by atoms with van der Waals surface area (Å²) in [6, 6.07) is 8.30. The number of nitrogens with one attached hydrogen (secondary N) is 1. The highest BCUT2D eigenvalue weighted by Gasteiger charge is 2.55. The van der Waals surface area contributed by atoms with Crippen LogP contribution in [0.4, 0.5) is 18.9 Å². The molecule has 0 saturated carbocycles. The highest BCUT2D eigenvalue weighted by molar-refractivity contribution is 7.91. The fourth-order valence-electron chi connectivity index (χ4n) is 2.74. The Morgan fingerprint density at radius 2 is 1.55 bits per heavy atom. The van der Waals surface area contributed by atoms with E-state index in [0.29, 0.717) is 18.7 Å². The van der Waals surface area contributed by atoms with E-state index in [4.69, 9.17) is 11.6 Å². The Kier molecular flexibility index (Phi) is 7.82. The molecular weight excluding hydrogens is 485 g/mol. The summed E-state index contributed by atoms with van der Waals surface area (Å²) in [6.07, 6.45) is -5.23. The van der Waals surface area contributed by atoms with Crippen LogP contribution in [-0.2, 0) is 14.6 Å². The molecule has 0 aromatic heterocycles. The summed E-state index contributed by atoms with van der Waals surface area (Å²) in [6.45, 7) is 4.91. The van der Waals surface area contributed by atoms with Gasteiger partial charge < -0.3 is 15.3 Å². The van der Waals surface area contributed by atoms with Crippen LogP contribution in [0.2, 0.25) is 5.02 Å². The zero-order chi connectivity index (χ0) is 25.2. The van der Waals surface area contributed by atoms with E-state index in [2.05, 4.69) is 0 Å². The normalized spacial score (nSPS) is 13.8. The molecule has 0 aliphatic rings. The summed E-state index contributed by atoms with van der Waals surface area (Å²) in [5, 5.41) is 10.9. The number of hydrogen-bond acceptors (Lipinski definition) is 5. The minimum absolute atomic E-state index is 0.133. The van der Waals surface area contributed by atoms with Gasteiger partial charge in [-0.3, -0.25) is 9.59 Å². The number of carbonyl (C=O) groups is 2. The summed E-state index contributed by atoms with van der Waals surface area (Å²) in [7, 11) is -4.08. The molecule has 2 aromatic rings. The minimum Gasteiger partial charge on any atom is -0.373 e. The van der Waals surface area contributed by atoms with E-state index in [1.54, 1.807) is 4.90 Å². The topological polar surface area (TPSA) is 104 Å². The van der Waals surface area contributed by atoms with Crippen molar-refractivity contribution in [3.8, 4) is 0 Å². The Morgan fingerprint density at radius 1 is 1.03 bits per heavy atom. The molecule has 33 heavy (non-hydrogen) atoms. The number of nitrogens with zero attached hydrogens (tertiary/aromatic N) is 1. The molecule has 2 amide bonds. The molecule has 7 nitrogen and oxygen atoms in total. The number of carbonyl (C=O) groups excluding carboxylic acids is 2. The van der Waals surface area contributed by atoms with Crippen LogP contribution in [0, 0.1) is 0 Å². The summed E-state index contributed by atoms with van der Waals surface area (Å²) in [5.74, 6) is -2.03. The molecule has 0 bridgehead atoms. The molecule has 180 valence electrons. The monoisotopic (exact) mass is 506 g/mol. The molecule has 0 fully saturated rings. The van der Waals surface area contributed by atoms with Crippen LogP contribution in [0.1, 0.15) is 31.1 Å². The standard InChI is InChI=1S/C21H22ClF3N2O5S/c1-4-27(5-2)18(28)13-6-8-14(9-7-13)33(31,32)15-10-11-17(16(22)12-15)26-19(29)20(3,30)21(23,24)25/h6-12,30H,4-5H2,1-3H3,(H,26,29)/t20-/m1/s1. The highest BCUT2D eigenvalue weighted by Crippen LogP contribution is 2.33. The quantitative estimate of drug-likeness (QED) is 0.592. The average Bonchev–Trinajstić information content (AvgIpc) is 2.75. The fourth-order valence-corrected chi connectivity index (χ4v) is 4.32. The third-order valence-electron chi connectivity index (χ3n) is 4.96. The molecule has 2 aromatic carbocycles. The molecular formula is C21H22ClF3N2O5S. The van der Waals surface area contributed by atoms with Gasteiger partial charge in [0, 0.05) is 18.7 Å². The zero-order valence-corrected chi connectivity index (χ0v) is 19.5. The van der Waals surface area contributed by atoms with Crippen molar-refractivity contribution < 1.29 is 36.3 Å². The van der Waals surface area contributed by atoms with Gasteiger partial charge in [-0.1, -0.05) is 11.6 Å². The zero-order valence-electron chi connectivity index (χ0n) is 17.9. The Morgan fingerprint density at radius 3 is 2.00 bits per heavy atom. The van der Waals surface area contributed by atoms with Gasteiger partial charge in [-0.25, -0.2) is 8.42 Å². The molecule has 0 heterocycles. The van der Waals surface area contributed by atoms with Gasteiger partial charge in [0.1, 0.15) is 0 Å². The first-order valence-corrected chi connectivity index (χ1v) is 11.6. The van der Waals surface area contributed by atoms with Gasteiger partial charge in [0.15, 0.2) is 0 Å². The lowest BCUT2D eigenvalue weighted by Crippen LogP contribution is -2.52. The maximum Gasteiger partial charge on any atom is 0.426 e. The van der Waals surface area contributed by atoms with Gasteiger partial charge in [-0.2, -0.15) is 13.2 Å². The van der Waals surface area contributed by atoms with Crippen LogP contribution >= 0.6 is 11.6 Å². The van der Waals surface area contributed by atoms with E-state index in [9.17, 15) is 36.3 Å². The van der Waals surface area contributed by atoms with E-state index < -0.39 is 27.5 Å². The number of hydrogen-bond donors (Lipinski definition) is 2. The van der Waals surface area contributed by atoms with E-state index in [1.165, 1.54) is 24.3 Å². The van der Waals surface area contributed by atoms with E-state index >= 15 is 0 Å². The number of aliphatic hydroxyl groups is 1. The number of amides is 2. The molecule has 0 unspecified atom stereocenters. The lowest BCUT2D eigenvalue weighted by molar-refractivity contribution is -0.242. The van der Waals surface area contributed by atoms with Crippen LogP contribution in [0.25, 0.3) is 0 Å². The number of alkyl halides is 3. The Hall–Kier alpha value is -2.63. The summed E-state index contributed by atoms with van der Waals surface area (Å²) in [4.78, 5) is 25.4. The summed E-state index contributed by atoms with van der Waals surface area (Å²) >= 11 is 5.97. The molecule has 0 radical (unpaired) electrons. The maximum absolute atomic E-state index is 12.9. The number of anilines is 1. The molecule has 1 atom stereocenters. The second kappa shape index (κ2) is 9.70. The summed E-state index contributed by atoms with van der Waals surface area (Å²) in [5.41, 5.74) is -3.68. The Bertz CT molecular complexity index is 1150. The third kappa shape index (κ3) is 5.48. The smallest absolute Gasteiger partial charge is 0.373 e. The lowest BCUT2D eigenvalue weighted by Gasteiger charge is -2.25. The van der Waals surface area contributed by atoms with Gasteiger partial charge in [0.25, 0.3) is 11.8 Å². The Balaban J connectivity index is 2.30. The third-order valence-corrected chi connectivity index (χ3v) is 7.04. The van der Waals surface area contributed by atoms with Crippen LogP contribution < -0.4 is 5.32 Å². The molecule has 0 spiro atoms. The molecule has 2 rings (SSSR count). The lowest BCUT2D eigenvalue weighted by atomic mass is 10.1. The summed E-state index contributed by atoms with van der Waals surface area (Å²) < 4.78 is 64.2. The van der Waals surface area contributed by atoms with Crippen molar-refractivity contribution in [3.63, 3.8) is 0 Å². The van der Waals surface area contributed by atoms with Crippen LogP contribution in [0.3, 0.4) is 0 Å². The minimum atomic E-state index is -5.23. The van der Waals surface area contributed by atoms with E-state index in [-0.39, 0.29) is 33.3 Å². The Labute approximate surface area is 194 Å². The number of sulfone groups is 1. The van der Waals surface area contributed by atoms with Crippen LogP contribution in [0.15, 0.2) is 52.3 Å². The first-order valence-electron chi connectivity index (χ1n) is 9.71. The SMILES string of the molecule is CCN(CC)C(=O)c1ccc(S(=O)(=O)c2ccc(NC(=O)[C@@](C)(O)C(F)(F)F)c(Cl)c2)cc1. The predicted octanol–water partition coefficient (Wildman–Crippen LogP) is 3.91. The van der Waals surface area contributed by atoms with Gasteiger partial charge in [0.05, 0.1) is 20.5 Å². The second-order valence-corrected chi connectivity index (χ2v) is 9.53. The largest absolute Gasteiger partial charge is 0.426 e. The van der Waals surface area contributed by atoms with Gasteiger partial charge in [0.2, 0.25) is 15.4 Å². The van der Waals surface area contributed by atoms with E-state index in [1.807, 2.05) is 19.2 Å². The van der Waals surface area contributed by atoms with Crippen molar-refractivity contribution in [2.24, 2.45) is 0 Å². The predicted molar refractivity (Wildman–Crippen MR) is 116 cm³/mol. The highest BCUT2D eigenvalue weighted by atomic mass is 35.5. The van der Waals surface area contributed by atoms with Crippen molar-refractivity contribution in [2.45, 2.75) is 42.3 Å². The van der Waals surface area contributed by atoms with Crippen LogP contribution in [0.5, 0.6) is 0 Å². The van der Waals surface area contributed by atoms with Gasteiger partial charge in [-0.05, 0) is 63.2 Å². The molecule has 0 aliphatic heterocycles. The first-order chi connectivity index (χ1) is 15.2. The van der Waals surface area contributed by atoms with Crippen LogP contribution in [-0.4, -0.2) is 55.1 Å². The molecule has 0 aliphatic carbocycles. The van der Waals surface area contributed by atoms with Gasteiger partial charge >= 0.3 is 6.18 Å². The van der Waals surface area contributed by atoms with Crippen molar-refractivity contribution in [3.05, 3.63) is 53.1 Å². The maximum atomic E-state index is 12.9. The number of rotatable bonds is 7. The van der Waals surface area contributed by atoms with Crippen molar-refractivity contribution in [2.75, 3.05) is 18.4 Å². The van der Waals surface area contributed by atoms with Crippen molar-refractivity contribution in [1.82, 2.24) is 4.90 Å².